The van der Waals surface area contributed by atoms with E-state index in [1.807, 2.05) is 0 Å². The second kappa shape index (κ2) is 5.86. The van der Waals surface area contributed by atoms with Crippen LogP contribution in [0.2, 0.25) is 0 Å². The van der Waals surface area contributed by atoms with Crippen LogP contribution in [-0.2, 0) is 0 Å². The van der Waals surface area contributed by atoms with Crippen molar-refractivity contribution in [3.05, 3.63) is 11.8 Å². The van der Waals surface area contributed by atoms with Crippen molar-refractivity contribution in [2.45, 2.75) is 46.1 Å². The molecule has 1 amide bonds. The minimum Gasteiger partial charge on any atom is -0.368 e. The maximum Gasteiger partial charge on any atom is 0.254 e. The van der Waals surface area contributed by atoms with Crippen LogP contribution in [-0.4, -0.2) is 21.4 Å². The molecule has 0 unspecified atom stereocenters. The molecule has 106 valence electrons. The summed E-state index contributed by atoms with van der Waals surface area (Å²) in [7, 11) is 0. The van der Waals surface area contributed by atoms with Gasteiger partial charge in [0, 0.05) is 11.7 Å². The van der Waals surface area contributed by atoms with Gasteiger partial charge in [0.25, 0.3) is 5.91 Å². The lowest BCUT2D eigenvalue weighted by Gasteiger charge is -2.38. The summed E-state index contributed by atoms with van der Waals surface area (Å²) in [4.78, 5) is 19.4. The van der Waals surface area contributed by atoms with Crippen LogP contribution in [0.15, 0.2) is 6.20 Å². The van der Waals surface area contributed by atoms with Crippen molar-refractivity contribution in [3.8, 4) is 0 Å². The lowest BCUT2D eigenvalue weighted by atomic mass is 9.81. The number of primary amides is 1. The lowest BCUT2D eigenvalue weighted by molar-refractivity contribution is 0.1000. The van der Waals surface area contributed by atoms with E-state index >= 15 is 0 Å². The summed E-state index contributed by atoms with van der Waals surface area (Å²) in [5.74, 6) is 0.349. The molecule has 0 saturated heterocycles. The van der Waals surface area contributed by atoms with Gasteiger partial charge < -0.3 is 16.8 Å². The van der Waals surface area contributed by atoms with E-state index in [1.54, 1.807) is 0 Å². The number of hydrogen-bond acceptors (Lipinski definition) is 5. The average molecular weight is 265 g/mol. The number of anilines is 2. The molecule has 0 spiro atoms. The third-order valence-electron chi connectivity index (χ3n) is 3.81. The molecule has 0 aliphatic heterocycles. The molecule has 1 aromatic rings. The molecule has 0 atom stereocenters. The largest absolute Gasteiger partial charge is 0.368 e. The van der Waals surface area contributed by atoms with Gasteiger partial charge in [-0.3, -0.25) is 4.79 Å². The second-order valence-electron chi connectivity index (χ2n) is 5.00. The van der Waals surface area contributed by atoms with E-state index in [-0.39, 0.29) is 17.1 Å². The number of nitrogens with zero attached hydrogens (tertiary/aromatic N) is 2. The predicted molar refractivity (Wildman–Crippen MR) is 76.7 cm³/mol. The number of rotatable bonds is 6. The van der Waals surface area contributed by atoms with Crippen LogP contribution in [0.25, 0.3) is 0 Å². The van der Waals surface area contributed by atoms with Gasteiger partial charge >= 0.3 is 0 Å². The Hall–Kier alpha value is -1.85. The summed E-state index contributed by atoms with van der Waals surface area (Å²) in [6.45, 7) is 8.47. The van der Waals surface area contributed by atoms with Crippen LogP contribution in [0.1, 0.15) is 50.9 Å². The van der Waals surface area contributed by atoms with Gasteiger partial charge in [-0.25, -0.2) is 4.98 Å². The van der Waals surface area contributed by atoms with Crippen LogP contribution in [0.5, 0.6) is 0 Å². The first kappa shape index (κ1) is 15.2. The number of carbonyl (C=O) groups excluding carboxylic acids is 1. The third-order valence-corrected chi connectivity index (χ3v) is 3.81. The summed E-state index contributed by atoms with van der Waals surface area (Å²) < 4.78 is 0. The lowest BCUT2D eigenvalue weighted by Crippen LogP contribution is -2.43. The molecule has 1 rings (SSSR count). The van der Waals surface area contributed by atoms with Gasteiger partial charge in [0.1, 0.15) is 5.82 Å². The van der Waals surface area contributed by atoms with Gasteiger partial charge in [0.05, 0.1) is 5.56 Å². The number of aromatic nitrogens is 2. The molecule has 5 N–H and O–H groups in total. The van der Waals surface area contributed by atoms with E-state index in [0.29, 0.717) is 11.7 Å². The molecule has 0 aliphatic carbocycles. The highest BCUT2D eigenvalue weighted by atomic mass is 16.1. The van der Waals surface area contributed by atoms with Crippen LogP contribution < -0.4 is 16.8 Å². The summed E-state index contributed by atoms with van der Waals surface area (Å²) >= 11 is 0. The highest BCUT2D eigenvalue weighted by Gasteiger charge is 2.31. The maximum atomic E-state index is 11.4. The van der Waals surface area contributed by atoms with Crippen molar-refractivity contribution in [2.75, 3.05) is 11.1 Å². The standard InChI is InChI=1S/C13H23N5O/c1-5-13(6-2,8(3)4)18-11-9(10(14)19)7-16-12(15)17-11/h7-8H,5-6H2,1-4H3,(H2,14,19)(H3,15,16,17,18). The number of nitrogens with one attached hydrogen (secondary N) is 1. The highest BCUT2D eigenvalue weighted by molar-refractivity contribution is 5.97. The smallest absolute Gasteiger partial charge is 0.254 e. The van der Waals surface area contributed by atoms with Crippen LogP contribution in [0.4, 0.5) is 11.8 Å². The maximum absolute atomic E-state index is 11.4. The SMILES string of the molecule is CCC(CC)(Nc1nc(N)ncc1C(N)=O)C(C)C. The van der Waals surface area contributed by atoms with Crippen molar-refractivity contribution in [1.29, 1.82) is 0 Å². The average Bonchev–Trinajstić information content (AvgIpc) is 2.35. The van der Waals surface area contributed by atoms with Crippen LogP contribution >= 0.6 is 0 Å². The second-order valence-corrected chi connectivity index (χ2v) is 5.00. The Morgan fingerprint density at radius 3 is 2.42 bits per heavy atom. The van der Waals surface area contributed by atoms with Gasteiger partial charge in [0.2, 0.25) is 5.95 Å². The molecule has 6 nitrogen and oxygen atoms in total. The summed E-state index contributed by atoms with van der Waals surface area (Å²) in [6.07, 6.45) is 3.18. The van der Waals surface area contributed by atoms with Crippen molar-refractivity contribution in [2.24, 2.45) is 11.7 Å². The Morgan fingerprint density at radius 2 is 2.00 bits per heavy atom. The Balaban J connectivity index is 3.22. The molecule has 0 saturated carbocycles. The Labute approximate surface area is 114 Å². The Bertz CT molecular complexity index is 454. The third kappa shape index (κ3) is 3.13. The number of nitrogen functional groups attached to an aromatic ring is 1. The fourth-order valence-electron chi connectivity index (χ4n) is 2.29. The zero-order valence-electron chi connectivity index (χ0n) is 12.0. The minimum absolute atomic E-state index is 0.123. The number of carbonyl (C=O) groups is 1. The minimum atomic E-state index is -0.563. The summed E-state index contributed by atoms with van der Waals surface area (Å²) in [6, 6.07) is 0. The van der Waals surface area contributed by atoms with Crippen molar-refractivity contribution < 1.29 is 4.79 Å². The Morgan fingerprint density at radius 1 is 1.42 bits per heavy atom. The van der Waals surface area contributed by atoms with Crippen LogP contribution in [0, 0.1) is 5.92 Å². The summed E-state index contributed by atoms with van der Waals surface area (Å²) in [5, 5.41) is 3.35. The molecular weight excluding hydrogens is 242 g/mol. The molecule has 0 aromatic carbocycles. The van der Waals surface area contributed by atoms with Crippen molar-refractivity contribution in [1.82, 2.24) is 9.97 Å². The molecule has 6 heteroatoms. The van der Waals surface area contributed by atoms with Gasteiger partial charge in [0.15, 0.2) is 0 Å². The fourth-order valence-corrected chi connectivity index (χ4v) is 2.29. The zero-order valence-corrected chi connectivity index (χ0v) is 12.0. The molecule has 0 aliphatic rings. The topological polar surface area (TPSA) is 107 Å². The quantitative estimate of drug-likeness (QED) is 0.726. The molecule has 0 radical (unpaired) electrons. The molecule has 1 aromatic heterocycles. The van der Waals surface area contributed by atoms with Crippen molar-refractivity contribution in [3.63, 3.8) is 0 Å². The van der Waals surface area contributed by atoms with Crippen LogP contribution in [0.3, 0.4) is 0 Å². The molecule has 0 fully saturated rings. The van der Waals surface area contributed by atoms with Gasteiger partial charge in [-0.1, -0.05) is 27.7 Å². The van der Waals surface area contributed by atoms with Gasteiger partial charge in [-0.15, -0.1) is 0 Å². The van der Waals surface area contributed by atoms with E-state index in [2.05, 4.69) is 43.0 Å². The Kier molecular flexibility index (Phi) is 4.69. The first-order valence-corrected chi connectivity index (χ1v) is 6.56. The summed E-state index contributed by atoms with van der Waals surface area (Å²) in [5.41, 5.74) is 11.1. The predicted octanol–water partition coefficient (Wildman–Crippen LogP) is 1.78. The fraction of sp³-hybridized carbons (Fsp3) is 0.615. The monoisotopic (exact) mass is 265 g/mol. The molecule has 1 heterocycles. The first-order chi connectivity index (χ1) is 8.86. The van der Waals surface area contributed by atoms with E-state index in [0.717, 1.165) is 12.8 Å². The highest BCUT2D eigenvalue weighted by Crippen LogP contribution is 2.30. The normalized spacial score (nSPS) is 11.6. The number of amides is 1. The first-order valence-electron chi connectivity index (χ1n) is 6.56. The van der Waals surface area contributed by atoms with E-state index in [4.69, 9.17) is 11.5 Å². The number of hydrogen-bond donors (Lipinski definition) is 3. The molecular formula is C13H23N5O. The zero-order chi connectivity index (χ0) is 14.6. The van der Waals surface area contributed by atoms with Gasteiger partial charge in [-0.05, 0) is 18.8 Å². The molecule has 0 bridgehead atoms. The van der Waals surface area contributed by atoms with Crippen molar-refractivity contribution >= 4 is 17.7 Å². The van der Waals surface area contributed by atoms with E-state index in [9.17, 15) is 4.79 Å². The van der Waals surface area contributed by atoms with E-state index in [1.165, 1.54) is 6.20 Å². The van der Waals surface area contributed by atoms with Gasteiger partial charge in [-0.2, -0.15) is 4.98 Å². The number of nitrogens with two attached hydrogens (primary N) is 2. The van der Waals surface area contributed by atoms with E-state index < -0.39 is 5.91 Å². The molecule has 19 heavy (non-hydrogen) atoms.